The minimum Gasteiger partial charge on any atom is -0.381 e. The van der Waals surface area contributed by atoms with E-state index >= 15 is 0 Å². The van der Waals surface area contributed by atoms with Gasteiger partial charge < -0.3 is 10.3 Å². The molecular weight excluding hydrogens is 224 g/mol. The SMILES string of the molecule is CC(C)c1c(N)noc1-c1ccc2c(c1)CCC2. The summed E-state index contributed by atoms with van der Waals surface area (Å²) >= 11 is 0. The first kappa shape index (κ1) is 11.3. The van der Waals surface area contributed by atoms with Gasteiger partial charge in [0.15, 0.2) is 11.6 Å². The van der Waals surface area contributed by atoms with Crippen LogP contribution >= 0.6 is 0 Å². The summed E-state index contributed by atoms with van der Waals surface area (Å²) in [5.74, 6) is 1.66. The summed E-state index contributed by atoms with van der Waals surface area (Å²) in [5, 5.41) is 3.91. The lowest BCUT2D eigenvalue weighted by Crippen LogP contribution is -1.95. The highest BCUT2D eigenvalue weighted by Gasteiger charge is 2.20. The number of fused-ring (bicyclic) bond motifs is 1. The first-order valence-corrected chi connectivity index (χ1v) is 6.54. The van der Waals surface area contributed by atoms with E-state index in [0.717, 1.165) is 16.9 Å². The maximum atomic E-state index is 5.89. The fourth-order valence-electron chi connectivity index (χ4n) is 2.79. The number of aryl methyl sites for hydroxylation is 2. The topological polar surface area (TPSA) is 52.0 Å². The largest absolute Gasteiger partial charge is 0.381 e. The van der Waals surface area contributed by atoms with Crippen molar-refractivity contribution in [3.8, 4) is 11.3 Å². The molecule has 0 saturated heterocycles. The minimum absolute atomic E-state index is 0.319. The molecule has 0 unspecified atom stereocenters. The predicted molar refractivity (Wildman–Crippen MR) is 72.5 cm³/mol. The highest BCUT2D eigenvalue weighted by Crippen LogP contribution is 2.35. The van der Waals surface area contributed by atoms with E-state index in [2.05, 4.69) is 37.2 Å². The third-order valence-corrected chi connectivity index (χ3v) is 3.69. The zero-order valence-electron chi connectivity index (χ0n) is 10.9. The third-order valence-electron chi connectivity index (χ3n) is 3.69. The molecule has 1 aliphatic carbocycles. The fourth-order valence-corrected chi connectivity index (χ4v) is 2.79. The van der Waals surface area contributed by atoms with Crippen molar-refractivity contribution in [1.82, 2.24) is 5.16 Å². The van der Waals surface area contributed by atoms with Crippen LogP contribution in [0.25, 0.3) is 11.3 Å². The number of hydrogen-bond acceptors (Lipinski definition) is 3. The molecule has 1 aromatic heterocycles. The Balaban J connectivity index is 2.10. The van der Waals surface area contributed by atoms with Crippen LogP contribution in [-0.4, -0.2) is 5.16 Å². The molecule has 1 heterocycles. The Hall–Kier alpha value is -1.77. The van der Waals surface area contributed by atoms with Crippen LogP contribution in [0, 0.1) is 0 Å². The van der Waals surface area contributed by atoms with Gasteiger partial charge in [-0.25, -0.2) is 0 Å². The van der Waals surface area contributed by atoms with Crippen molar-refractivity contribution in [1.29, 1.82) is 0 Å². The Labute approximate surface area is 107 Å². The number of benzene rings is 1. The van der Waals surface area contributed by atoms with E-state index < -0.39 is 0 Å². The molecule has 1 aliphatic rings. The summed E-state index contributed by atoms with van der Waals surface area (Å²) in [4.78, 5) is 0. The summed E-state index contributed by atoms with van der Waals surface area (Å²) in [5.41, 5.74) is 10.9. The Morgan fingerprint density at radius 1 is 1.22 bits per heavy atom. The molecule has 3 heteroatoms. The summed E-state index contributed by atoms with van der Waals surface area (Å²) in [6.45, 7) is 4.22. The predicted octanol–water partition coefficient (Wildman–Crippen LogP) is 3.54. The molecular formula is C15H18N2O. The van der Waals surface area contributed by atoms with Crippen molar-refractivity contribution in [2.45, 2.75) is 39.0 Å². The molecule has 0 fully saturated rings. The van der Waals surface area contributed by atoms with E-state index in [1.165, 1.54) is 30.4 Å². The number of aromatic nitrogens is 1. The Morgan fingerprint density at radius 2 is 2.00 bits per heavy atom. The lowest BCUT2D eigenvalue weighted by molar-refractivity contribution is 0.434. The second-order valence-corrected chi connectivity index (χ2v) is 5.30. The number of nitrogen functional groups attached to an aromatic ring is 1. The molecule has 3 rings (SSSR count). The van der Waals surface area contributed by atoms with Crippen molar-refractivity contribution < 1.29 is 4.52 Å². The fraction of sp³-hybridized carbons (Fsp3) is 0.400. The van der Waals surface area contributed by atoms with Gasteiger partial charge in [-0.2, -0.15) is 0 Å². The number of rotatable bonds is 2. The number of anilines is 1. The highest BCUT2D eigenvalue weighted by atomic mass is 16.5. The highest BCUT2D eigenvalue weighted by molar-refractivity contribution is 5.68. The molecule has 2 N–H and O–H groups in total. The summed E-state index contributed by atoms with van der Waals surface area (Å²) in [6, 6.07) is 6.56. The van der Waals surface area contributed by atoms with Crippen LogP contribution in [0.3, 0.4) is 0 Å². The summed E-state index contributed by atoms with van der Waals surface area (Å²) in [6.07, 6.45) is 3.63. The second-order valence-electron chi connectivity index (χ2n) is 5.30. The van der Waals surface area contributed by atoms with Gasteiger partial charge in [-0.05, 0) is 42.4 Å². The maximum absolute atomic E-state index is 5.89. The molecule has 0 spiro atoms. The van der Waals surface area contributed by atoms with Crippen LogP contribution in [0.5, 0.6) is 0 Å². The average Bonchev–Trinajstić information content (AvgIpc) is 2.93. The zero-order valence-corrected chi connectivity index (χ0v) is 10.9. The van der Waals surface area contributed by atoms with Crippen molar-refractivity contribution >= 4 is 5.82 Å². The van der Waals surface area contributed by atoms with Crippen LogP contribution in [-0.2, 0) is 12.8 Å². The number of hydrogen-bond donors (Lipinski definition) is 1. The Morgan fingerprint density at radius 3 is 2.78 bits per heavy atom. The molecule has 0 amide bonds. The van der Waals surface area contributed by atoms with E-state index in [-0.39, 0.29) is 0 Å². The molecule has 18 heavy (non-hydrogen) atoms. The van der Waals surface area contributed by atoms with E-state index in [1.54, 1.807) is 0 Å². The van der Waals surface area contributed by atoms with Gasteiger partial charge in [0.2, 0.25) is 0 Å². The molecule has 0 aliphatic heterocycles. The first-order valence-electron chi connectivity index (χ1n) is 6.54. The third kappa shape index (κ3) is 1.70. The van der Waals surface area contributed by atoms with Crippen molar-refractivity contribution in [2.75, 3.05) is 5.73 Å². The molecule has 0 bridgehead atoms. The molecule has 0 atom stereocenters. The van der Waals surface area contributed by atoms with Crippen LogP contribution in [0.4, 0.5) is 5.82 Å². The first-order chi connectivity index (χ1) is 8.66. The van der Waals surface area contributed by atoms with Gasteiger partial charge in [-0.15, -0.1) is 0 Å². The van der Waals surface area contributed by atoms with E-state index in [4.69, 9.17) is 10.3 Å². The lowest BCUT2D eigenvalue weighted by Gasteiger charge is -2.07. The molecule has 2 aromatic rings. The number of nitrogens with zero attached hydrogens (tertiary/aromatic N) is 1. The van der Waals surface area contributed by atoms with Gasteiger partial charge in [0.05, 0.1) is 0 Å². The molecule has 0 saturated carbocycles. The zero-order chi connectivity index (χ0) is 12.7. The molecule has 94 valence electrons. The molecule has 0 radical (unpaired) electrons. The van der Waals surface area contributed by atoms with Crippen molar-refractivity contribution in [2.24, 2.45) is 0 Å². The van der Waals surface area contributed by atoms with Gasteiger partial charge in [0, 0.05) is 11.1 Å². The average molecular weight is 242 g/mol. The van der Waals surface area contributed by atoms with Gasteiger partial charge in [0.25, 0.3) is 0 Å². The van der Waals surface area contributed by atoms with Gasteiger partial charge >= 0.3 is 0 Å². The van der Waals surface area contributed by atoms with Crippen molar-refractivity contribution in [3.05, 3.63) is 34.9 Å². The number of nitrogens with two attached hydrogens (primary N) is 1. The van der Waals surface area contributed by atoms with Crippen LogP contribution in [0.15, 0.2) is 22.7 Å². The Bertz CT molecular complexity index is 584. The maximum Gasteiger partial charge on any atom is 0.172 e. The van der Waals surface area contributed by atoms with E-state index in [9.17, 15) is 0 Å². The van der Waals surface area contributed by atoms with E-state index in [0.29, 0.717) is 11.7 Å². The second kappa shape index (κ2) is 4.16. The molecule has 1 aromatic carbocycles. The molecule has 3 nitrogen and oxygen atoms in total. The Kier molecular flexibility index (Phi) is 2.62. The quantitative estimate of drug-likeness (QED) is 0.876. The van der Waals surface area contributed by atoms with E-state index in [1.807, 2.05) is 0 Å². The van der Waals surface area contributed by atoms with Gasteiger partial charge in [0.1, 0.15) is 0 Å². The van der Waals surface area contributed by atoms with Crippen LogP contribution in [0.2, 0.25) is 0 Å². The summed E-state index contributed by atoms with van der Waals surface area (Å²) < 4.78 is 5.43. The standard InChI is InChI=1S/C15H18N2O/c1-9(2)13-14(18-17-15(13)16)12-7-6-10-4-3-5-11(10)8-12/h6-9H,3-5H2,1-2H3,(H2,16,17). The van der Waals surface area contributed by atoms with Gasteiger partial charge in [-0.1, -0.05) is 31.1 Å². The minimum atomic E-state index is 0.319. The normalized spacial score (nSPS) is 14.2. The lowest BCUT2D eigenvalue weighted by atomic mass is 9.97. The van der Waals surface area contributed by atoms with Gasteiger partial charge in [-0.3, -0.25) is 0 Å². The van der Waals surface area contributed by atoms with Crippen molar-refractivity contribution in [3.63, 3.8) is 0 Å². The summed E-state index contributed by atoms with van der Waals surface area (Å²) in [7, 11) is 0. The van der Waals surface area contributed by atoms with Crippen LogP contribution in [0.1, 0.15) is 42.9 Å². The smallest absolute Gasteiger partial charge is 0.172 e. The monoisotopic (exact) mass is 242 g/mol. The van der Waals surface area contributed by atoms with Crippen LogP contribution < -0.4 is 5.73 Å².